The van der Waals surface area contributed by atoms with Gasteiger partial charge in [0.15, 0.2) is 6.29 Å². The average molecular weight is 823 g/mol. The van der Waals surface area contributed by atoms with Crippen LogP contribution >= 0.6 is 0 Å². The monoisotopic (exact) mass is 823 g/mol. The van der Waals surface area contributed by atoms with Gasteiger partial charge in [0.1, 0.15) is 30.5 Å². The highest BCUT2D eigenvalue weighted by Gasteiger charge is 2.48. The molecule has 13 heteroatoms. The Hall–Kier alpha value is -1.16. The van der Waals surface area contributed by atoms with Crippen LogP contribution in [0.1, 0.15) is 194 Å². The van der Waals surface area contributed by atoms with Crippen molar-refractivity contribution >= 4 is 16.4 Å². The number of carbonyl (C=O) groups is 1. The first-order chi connectivity index (χ1) is 27.1. The molecule has 4 N–H and O–H groups in total. The van der Waals surface area contributed by atoms with Crippen molar-refractivity contribution in [2.24, 2.45) is 0 Å². The van der Waals surface area contributed by atoms with Crippen LogP contribution < -0.4 is 0 Å². The van der Waals surface area contributed by atoms with Gasteiger partial charge in [-0.15, -0.1) is 0 Å². The maximum Gasteiger partial charge on any atom is 0.397 e. The summed E-state index contributed by atoms with van der Waals surface area (Å²) in [4.78, 5) is 12.8. The summed E-state index contributed by atoms with van der Waals surface area (Å²) < 4.78 is 59.0. The number of hydrogen-bond donors (Lipinski definition) is 4. The second kappa shape index (κ2) is 35.8. The molecule has 1 saturated heterocycles. The normalized spacial score (nSPS) is 20.9. The Morgan fingerprint density at radius 3 is 1.61 bits per heavy atom. The lowest BCUT2D eigenvalue weighted by Gasteiger charge is -2.41. The van der Waals surface area contributed by atoms with Crippen molar-refractivity contribution in [3.05, 3.63) is 12.2 Å². The van der Waals surface area contributed by atoms with E-state index in [0.29, 0.717) is 13.0 Å². The predicted octanol–water partition coefficient (Wildman–Crippen LogP) is 9.08. The number of allylic oxidation sites excluding steroid dienone is 2. The minimum atomic E-state index is -5.06. The van der Waals surface area contributed by atoms with Crippen LogP contribution in [0.4, 0.5) is 0 Å². The zero-order chi connectivity index (χ0) is 41.1. The van der Waals surface area contributed by atoms with Gasteiger partial charge in [-0.2, -0.15) is 8.42 Å². The molecule has 1 heterocycles. The largest absolute Gasteiger partial charge is 0.457 e. The van der Waals surface area contributed by atoms with Crippen molar-refractivity contribution in [1.82, 2.24) is 0 Å². The molecule has 0 spiro atoms. The van der Waals surface area contributed by atoms with E-state index in [1.165, 1.54) is 122 Å². The molecule has 0 amide bonds. The zero-order valence-corrected chi connectivity index (χ0v) is 36.0. The van der Waals surface area contributed by atoms with Gasteiger partial charge < -0.3 is 34.3 Å². The Labute approximate surface area is 340 Å². The van der Waals surface area contributed by atoms with Crippen LogP contribution in [0.25, 0.3) is 0 Å². The molecule has 0 aromatic heterocycles. The highest BCUT2D eigenvalue weighted by Crippen LogP contribution is 2.26. The van der Waals surface area contributed by atoms with Gasteiger partial charge in [-0.05, 0) is 38.5 Å². The summed E-state index contributed by atoms with van der Waals surface area (Å²) in [5.41, 5.74) is 0. The third-order valence-corrected chi connectivity index (χ3v) is 10.9. The van der Waals surface area contributed by atoms with Gasteiger partial charge in [-0.3, -0.25) is 9.35 Å². The lowest BCUT2D eigenvalue weighted by Crippen LogP contribution is -2.60. The van der Waals surface area contributed by atoms with Crippen molar-refractivity contribution in [2.75, 3.05) is 26.4 Å². The van der Waals surface area contributed by atoms with Crippen LogP contribution in [0.5, 0.6) is 0 Å². The summed E-state index contributed by atoms with van der Waals surface area (Å²) >= 11 is 0. The maximum absolute atomic E-state index is 12.8. The summed E-state index contributed by atoms with van der Waals surface area (Å²) in [6.07, 6.45) is 28.1. The molecule has 1 aliphatic heterocycles. The van der Waals surface area contributed by atoms with Gasteiger partial charge in [0.2, 0.25) is 0 Å². The maximum atomic E-state index is 12.8. The smallest absolute Gasteiger partial charge is 0.397 e. The zero-order valence-electron chi connectivity index (χ0n) is 35.2. The Bertz CT molecular complexity index is 1040. The standard InChI is InChI=1S/C43H82O12S/c1-3-5-7-9-11-13-15-17-18-19-20-21-22-24-26-28-30-32-39(45)53-37(35-51-33-31-29-27-25-23-16-14-12-10-8-6-4-2)36-52-43-41(47)42(55-56(48,49)50)40(46)38(34-44)54-43/h17-18,37-38,40-44,46-47H,3-16,19-36H2,1-2H3,(H,48,49,50)/b18-17-. The van der Waals surface area contributed by atoms with Crippen molar-refractivity contribution in [1.29, 1.82) is 0 Å². The fourth-order valence-electron chi connectivity index (χ4n) is 6.96. The molecule has 6 unspecified atom stereocenters. The molecule has 0 aromatic carbocycles. The van der Waals surface area contributed by atoms with Gasteiger partial charge in [0, 0.05) is 13.0 Å². The average Bonchev–Trinajstić information content (AvgIpc) is 3.17. The van der Waals surface area contributed by atoms with Gasteiger partial charge in [-0.1, -0.05) is 161 Å². The molecule has 0 aromatic rings. The fraction of sp³-hybridized carbons (Fsp3) is 0.930. The van der Waals surface area contributed by atoms with Crippen molar-refractivity contribution in [3.63, 3.8) is 0 Å². The van der Waals surface area contributed by atoms with Crippen LogP contribution in [0, 0.1) is 0 Å². The van der Waals surface area contributed by atoms with Crippen LogP contribution in [-0.2, 0) is 38.3 Å². The lowest BCUT2D eigenvalue weighted by atomic mass is 9.99. The second-order valence-electron chi connectivity index (χ2n) is 15.6. The summed E-state index contributed by atoms with van der Waals surface area (Å²) in [5.74, 6) is -0.401. The summed E-state index contributed by atoms with van der Waals surface area (Å²) in [6.45, 7) is 3.99. The first kappa shape index (κ1) is 52.9. The minimum absolute atomic E-state index is 0.0395. The number of aliphatic hydroxyl groups is 3. The lowest BCUT2D eigenvalue weighted by molar-refractivity contribution is -0.301. The second-order valence-corrected chi connectivity index (χ2v) is 16.7. The molecule has 6 atom stereocenters. The molecule has 332 valence electrons. The number of hydrogen-bond acceptors (Lipinski definition) is 11. The number of aliphatic hydroxyl groups excluding tert-OH is 3. The van der Waals surface area contributed by atoms with Crippen molar-refractivity contribution < 1.29 is 56.2 Å². The van der Waals surface area contributed by atoms with Crippen LogP contribution in [-0.4, -0.2) is 97.5 Å². The van der Waals surface area contributed by atoms with E-state index in [2.05, 4.69) is 30.2 Å². The topological polar surface area (TPSA) is 178 Å². The van der Waals surface area contributed by atoms with E-state index in [9.17, 15) is 28.5 Å². The highest BCUT2D eigenvalue weighted by atomic mass is 32.3. The molecule has 0 bridgehead atoms. The van der Waals surface area contributed by atoms with Crippen molar-refractivity contribution in [2.45, 2.75) is 230 Å². The third-order valence-electron chi connectivity index (χ3n) is 10.4. The molecule has 0 radical (unpaired) electrons. The van der Waals surface area contributed by atoms with Crippen molar-refractivity contribution in [3.8, 4) is 0 Å². The third kappa shape index (κ3) is 29.1. The van der Waals surface area contributed by atoms with E-state index in [0.717, 1.165) is 44.9 Å². The number of ether oxygens (including phenoxy) is 4. The predicted molar refractivity (Wildman–Crippen MR) is 221 cm³/mol. The number of carbonyl (C=O) groups excluding carboxylic acids is 1. The van der Waals surface area contributed by atoms with E-state index in [4.69, 9.17) is 23.5 Å². The fourth-order valence-corrected chi connectivity index (χ4v) is 7.47. The van der Waals surface area contributed by atoms with Gasteiger partial charge >= 0.3 is 16.4 Å². The highest BCUT2D eigenvalue weighted by molar-refractivity contribution is 7.80. The van der Waals surface area contributed by atoms with E-state index in [-0.39, 0.29) is 19.6 Å². The molecular weight excluding hydrogens is 741 g/mol. The van der Waals surface area contributed by atoms with Gasteiger partial charge in [-0.25, -0.2) is 4.18 Å². The van der Waals surface area contributed by atoms with Gasteiger partial charge in [0.25, 0.3) is 0 Å². The molecule has 0 aliphatic carbocycles. The van der Waals surface area contributed by atoms with Crippen LogP contribution in [0.3, 0.4) is 0 Å². The minimum Gasteiger partial charge on any atom is -0.457 e. The van der Waals surface area contributed by atoms with Crippen LogP contribution in [0.15, 0.2) is 12.2 Å². The first-order valence-corrected chi connectivity index (χ1v) is 23.8. The molecular formula is C43H82O12S. The van der Waals surface area contributed by atoms with Crippen LogP contribution in [0.2, 0.25) is 0 Å². The Kier molecular flexibility index (Phi) is 33.7. The number of esters is 1. The number of unbranched alkanes of at least 4 members (excludes halogenated alkanes) is 24. The Morgan fingerprint density at radius 1 is 0.661 bits per heavy atom. The molecule has 1 rings (SSSR count). The molecule has 56 heavy (non-hydrogen) atoms. The summed E-state index contributed by atoms with van der Waals surface area (Å²) in [7, 11) is -5.06. The quantitative estimate of drug-likeness (QED) is 0.0200. The Morgan fingerprint density at radius 2 is 1.12 bits per heavy atom. The Balaban J connectivity index is 2.42. The van der Waals surface area contributed by atoms with E-state index >= 15 is 0 Å². The molecule has 1 fully saturated rings. The van der Waals surface area contributed by atoms with Gasteiger partial charge in [0.05, 0.1) is 19.8 Å². The SMILES string of the molecule is CCCCCCCC/C=C\CCCCCCCCCC(=O)OC(COCCCCCCCCCCCCCC)COC1OC(CO)C(O)C(OS(=O)(=O)O)C1O. The molecule has 12 nitrogen and oxygen atoms in total. The molecule has 0 saturated carbocycles. The first-order valence-electron chi connectivity index (χ1n) is 22.4. The van der Waals surface area contributed by atoms with E-state index in [1.54, 1.807) is 0 Å². The summed E-state index contributed by atoms with van der Waals surface area (Å²) in [6, 6.07) is 0. The number of rotatable bonds is 39. The van der Waals surface area contributed by atoms with E-state index < -0.39 is 59.8 Å². The molecule has 1 aliphatic rings. The summed E-state index contributed by atoms with van der Waals surface area (Å²) in [5, 5.41) is 30.6. The van der Waals surface area contributed by atoms with E-state index in [1.807, 2.05) is 0 Å².